The second-order valence-corrected chi connectivity index (χ2v) is 11.4. The highest BCUT2D eigenvalue weighted by atomic mass is 16.5. The number of carbonyl (C=O) groups excluding carboxylic acids is 1. The second kappa shape index (κ2) is 35.9. The Morgan fingerprint density at radius 3 is 1.20 bits per heavy atom. The van der Waals surface area contributed by atoms with Crippen molar-refractivity contribution < 1.29 is 9.53 Å². The van der Waals surface area contributed by atoms with Crippen LogP contribution >= 0.6 is 0 Å². The van der Waals surface area contributed by atoms with Crippen molar-refractivity contribution in [2.75, 3.05) is 6.61 Å². The first-order valence-electron chi connectivity index (χ1n) is 17.5. The van der Waals surface area contributed by atoms with E-state index < -0.39 is 0 Å². The third-order valence-corrected chi connectivity index (χ3v) is 7.33. The minimum absolute atomic E-state index is 0.256. The second-order valence-electron chi connectivity index (χ2n) is 11.4. The fraction of sp³-hybridized carbons (Fsp3) is 0.667. The van der Waals surface area contributed by atoms with E-state index >= 15 is 0 Å². The molecule has 0 rings (SSSR count). The molecule has 0 heterocycles. The van der Waals surface area contributed by atoms with Crippen molar-refractivity contribution in [2.24, 2.45) is 0 Å². The first kappa shape index (κ1) is 38.9. The van der Waals surface area contributed by atoms with Crippen molar-refractivity contribution in [3.63, 3.8) is 0 Å². The lowest BCUT2D eigenvalue weighted by Crippen LogP contribution is -2.02. The molecular formula is C39H66O2. The predicted octanol–water partition coefficient (Wildman–Crippen LogP) is 12.9. The standard InChI is InChI=1S/C39H66O2/c1-3-5-7-9-11-13-15-17-19-20-21-22-23-25-27-29-31-33-35-37-39(40)41-38-36-34-32-30-28-26-24-18-16-14-12-10-8-6-4-2/h19-23,25,27,29,31,33,35,37H,3-18,24,26,28,30,32,34,36,38H2,1-2H3. The van der Waals surface area contributed by atoms with Crippen LogP contribution in [0.5, 0.6) is 0 Å². The van der Waals surface area contributed by atoms with Crippen molar-refractivity contribution in [1.29, 1.82) is 0 Å². The Kier molecular flexibility index (Phi) is 34.1. The van der Waals surface area contributed by atoms with Gasteiger partial charge in [-0.2, -0.15) is 0 Å². The first-order valence-corrected chi connectivity index (χ1v) is 17.5. The SMILES string of the molecule is CCCCCCCCCC=CC=CC=CC=CC=CC=CC(=O)OCCCCCCCCCCCCCCCCC. The van der Waals surface area contributed by atoms with Crippen molar-refractivity contribution in [1.82, 2.24) is 0 Å². The highest BCUT2D eigenvalue weighted by Crippen LogP contribution is 2.13. The van der Waals surface area contributed by atoms with Gasteiger partial charge in [-0.05, 0) is 19.3 Å². The van der Waals surface area contributed by atoms with Crippen LogP contribution in [-0.4, -0.2) is 12.6 Å². The van der Waals surface area contributed by atoms with Crippen molar-refractivity contribution >= 4 is 5.97 Å². The van der Waals surface area contributed by atoms with E-state index in [-0.39, 0.29) is 5.97 Å². The van der Waals surface area contributed by atoms with Crippen molar-refractivity contribution in [2.45, 2.75) is 162 Å². The van der Waals surface area contributed by atoms with Gasteiger partial charge < -0.3 is 4.74 Å². The van der Waals surface area contributed by atoms with E-state index in [1.165, 1.54) is 141 Å². The Balaban J connectivity index is 3.52. The van der Waals surface area contributed by atoms with E-state index in [2.05, 4.69) is 32.1 Å². The average Bonchev–Trinajstić information content (AvgIpc) is 2.98. The predicted molar refractivity (Wildman–Crippen MR) is 183 cm³/mol. The monoisotopic (exact) mass is 567 g/mol. The molecule has 0 aromatic carbocycles. The van der Waals surface area contributed by atoms with Crippen LogP contribution in [0.3, 0.4) is 0 Å². The number of rotatable bonds is 30. The van der Waals surface area contributed by atoms with Crippen LogP contribution in [0, 0.1) is 0 Å². The van der Waals surface area contributed by atoms with Gasteiger partial charge in [0.25, 0.3) is 0 Å². The molecule has 234 valence electrons. The average molecular weight is 567 g/mol. The fourth-order valence-electron chi connectivity index (χ4n) is 4.74. The molecule has 0 bridgehead atoms. The molecule has 0 aliphatic carbocycles. The highest BCUT2D eigenvalue weighted by Gasteiger charge is 1.97. The minimum Gasteiger partial charge on any atom is -0.463 e. The molecule has 0 spiro atoms. The molecule has 0 radical (unpaired) electrons. The summed E-state index contributed by atoms with van der Waals surface area (Å²) in [5.41, 5.74) is 0. The number of allylic oxidation sites excluding steroid dienone is 11. The molecule has 0 aliphatic rings. The molecule has 2 heteroatoms. The van der Waals surface area contributed by atoms with Crippen molar-refractivity contribution in [3.05, 3.63) is 72.9 Å². The van der Waals surface area contributed by atoms with Crippen LogP contribution < -0.4 is 0 Å². The summed E-state index contributed by atoms with van der Waals surface area (Å²) in [6.07, 6.45) is 54.3. The Labute approximate surface area is 256 Å². The zero-order valence-electron chi connectivity index (χ0n) is 27.2. The third kappa shape index (κ3) is 35.9. The summed E-state index contributed by atoms with van der Waals surface area (Å²) < 4.78 is 5.29. The molecule has 0 aromatic heterocycles. The fourth-order valence-corrected chi connectivity index (χ4v) is 4.74. The maximum atomic E-state index is 11.8. The summed E-state index contributed by atoms with van der Waals surface area (Å²) in [5, 5.41) is 0. The highest BCUT2D eigenvalue weighted by molar-refractivity contribution is 5.82. The smallest absolute Gasteiger partial charge is 0.330 e. The Bertz CT molecular complexity index is 707. The number of hydrogen-bond acceptors (Lipinski definition) is 2. The summed E-state index contributed by atoms with van der Waals surface area (Å²) in [4.78, 5) is 11.8. The lowest BCUT2D eigenvalue weighted by molar-refractivity contribution is -0.137. The van der Waals surface area contributed by atoms with E-state index in [1.54, 1.807) is 6.08 Å². The molecule has 0 unspecified atom stereocenters. The molecule has 0 saturated carbocycles. The number of esters is 1. The maximum Gasteiger partial charge on any atom is 0.330 e. The van der Waals surface area contributed by atoms with Gasteiger partial charge in [-0.15, -0.1) is 0 Å². The minimum atomic E-state index is -0.256. The lowest BCUT2D eigenvalue weighted by Gasteiger charge is -2.04. The van der Waals surface area contributed by atoms with Crippen molar-refractivity contribution in [3.8, 4) is 0 Å². The van der Waals surface area contributed by atoms with E-state index in [0.717, 1.165) is 12.8 Å². The van der Waals surface area contributed by atoms with E-state index in [1.807, 2.05) is 42.5 Å². The molecular weight excluding hydrogens is 500 g/mol. The van der Waals surface area contributed by atoms with Gasteiger partial charge in [0.15, 0.2) is 0 Å². The van der Waals surface area contributed by atoms with Crippen LogP contribution in [0.1, 0.15) is 162 Å². The molecule has 0 aliphatic heterocycles. The van der Waals surface area contributed by atoms with Gasteiger partial charge in [-0.25, -0.2) is 4.79 Å². The zero-order chi connectivity index (χ0) is 29.7. The van der Waals surface area contributed by atoms with E-state index in [9.17, 15) is 4.79 Å². The molecule has 0 atom stereocenters. The van der Waals surface area contributed by atoms with Gasteiger partial charge in [-0.3, -0.25) is 0 Å². The normalized spacial score (nSPS) is 12.5. The molecule has 2 nitrogen and oxygen atoms in total. The third-order valence-electron chi connectivity index (χ3n) is 7.33. The van der Waals surface area contributed by atoms with Gasteiger partial charge in [0, 0.05) is 6.08 Å². The van der Waals surface area contributed by atoms with Crippen LogP contribution in [0.15, 0.2) is 72.9 Å². The maximum absolute atomic E-state index is 11.8. The quantitative estimate of drug-likeness (QED) is 0.0374. The van der Waals surface area contributed by atoms with Crippen LogP contribution in [0.25, 0.3) is 0 Å². The van der Waals surface area contributed by atoms with Gasteiger partial charge in [-0.1, -0.05) is 209 Å². The Morgan fingerprint density at radius 2 is 0.756 bits per heavy atom. The van der Waals surface area contributed by atoms with Gasteiger partial charge in [0.05, 0.1) is 6.61 Å². The number of carbonyl (C=O) groups is 1. The topological polar surface area (TPSA) is 26.3 Å². The van der Waals surface area contributed by atoms with Crippen LogP contribution in [0.2, 0.25) is 0 Å². The summed E-state index contributed by atoms with van der Waals surface area (Å²) >= 11 is 0. The number of hydrogen-bond donors (Lipinski definition) is 0. The van der Waals surface area contributed by atoms with Gasteiger partial charge in [0.1, 0.15) is 0 Å². The largest absolute Gasteiger partial charge is 0.463 e. The first-order chi connectivity index (χ1) is 20.3. The van der Waals surface area contributed by atoms with Crippen LogP contribution in [0.4, 0.5) is 0 Å². The molecule has 0 saturated heterocycles. The van der Waals surface area contributed by atoms with Gasteiger partial charge >= 0.3 is 5.97 Å². The molecule has 41 heavy (non-hydrogen) atoms. The Morgan fingerprint density at radius 1 is 0.415 bits per heavy atom. The summed E-state index contributed by atoms with van der Waals surface area (Å²) in [7, 11) is 0. The summed E-state index contributed by atoms with van der Waals surface area (Å²) in [6.45, 7) is 5.07. The van der Waals surface area contributed by atoms with Crippen LogP contribution in [-0.2, 0) is 9.53 Å². The van der Waals surface area contributed by atoms with E-state index in [4.69, 9.17) is 4.74 Å². The zero-order valence-corrected chi connectivity index (χ0v) is 27.2. The number of unbranched alkanes of at least 4 members (excludes halogenated alkanes) is 21. The molecule has 0 amide bonds. The van der Waals surface area contributed by atoms with E-state index in [0.29, 0.717) is 6.61 Å². The lowest BCUT2D eigenvalue weighted by atomic mass is 10.0. The summed E-state index contributed by atoms with van der Waals surface area (Å²) in [5.74, 6) is -0.256. The molecule has 0 fully saturated rings. The summed E-state index contributed by atoms with van der Waals surface area (Å²) in [6, 6.07) is 0. The molecule has 0 aromatic rings. The number of ether oxygens (including phenoxy) is 1. The molecule has 0 N–H and O–H groups in total. The Hall–Kier alpha value is -2.09. The van der Waals surface area contributed by atoms with Gasteiger partial charge in [0.2, 0.25) is 0 Å².